The van der Waals surface area contributed by atoms with Gasteiger partial charge in [0.15, 0.2) is 0 Å². The van der Waals surface area contributed by atoms with Crippen molar-refractivity contribution >= 4 is 35.2 Å². The Morgan fingerprint density at radius 3 is 2.04 bits per heavy atom. The van der Waals surface area contributed by atoms with Crippen LogP contribution in [0.25, 0.3) is 0 Å². The summed E-state index contributed by atoms with van der Waals surface area (Å²) < 4.78 is 0. The van der Waals surface area contributed by atoms with Crippen molar-refractivity contribution in [1.82, 2.24) is 20.9 Å². The van der Waals surface area contributed by atoms with Crippen LogP contribution in [0, 0.1) is 34.5 Å². The molecule has 1 aromatic rings. The third-order valence-corrected chi connectivity index (χ3v) is 12.9. The summed E-state index contributed by atoms with van der Waals surface area (Å²) in [5, 5.41) is 8.96. The molecule has 1 aromatic carbocycles. The van der Waals surface area contributed by atoms with E-state index in [9.17, 15) is 33.6 Å². The number of nitrogens with two attached hydrogens (primary N) is 1. The number of likely N-dealkylation sites (tertiary alicyclic amines) is 1. The van der Waals surface area contributed by atoms with Crippen molar-refractivity contribution in [1.29, 1.82) is 0 Å². The number of anilines is 1. The summed E-state index contributed by atoms with van der Waals surface area (Å²) >= 11 is 0. The van der Waals surface area contributed by atoms with Gasteiger partial charge in [-0.3, -0.25) is 28.8 Å². The SMILES string of the molecule is CN(C[C@@H](NC(=O)N[C@H](C(=O)N1C[C@H]2[C@@H]([C@H]1C(=O)NC(CC1CCC1)C(=O)C(N)=O)C2(C)C)C1CCCCC1)C(C)(C)C)c1c(C(C)(C)C)c(=O)c1=O. The van der Waals surface area contributed by atoms with E-state index in [4.69, 9.17) is 5.73 Å². The number of nitrogens with zero attached hydrogens (tertiary/aromatic N) is 2. The second-order valence-corrected chi connectivity index (χ2v) is 19.1. The quantitative estimate of drug-likeness (QED) is 0.222. The fourth-order valence-corrected chi connectivity index (χ4v) is 9.24. The lowest BCUT2D eigenvalue weighted by Crippen LogP contribution is -2.62. The Balaban J connectivity index is 1.36. The van der Waals surface area contributed by atoms with Crippen LogP contribution in [0.4, 0.5) is 10.5 Å². The van der Waals surface area contributed by atoms with Crippen LogP contribution >= 0.6 is 0 Å². The Morgan fingerprint density at radius 1 is 0.887 bits per heavy atom. The summed E-state index contributed by atoms with van der Waals surface area (Å²) in [5.41, 5.74) is 4.05. The highest BCUT2D eigenvalue weighted by molar-refractivity contribution is 6.37. The molecule has 5 amide bonds. The zero-order valence-corrected chi connectivity index (χ0v) is 33.2. The molecule has 1 unspecified atom stereocenters. The second-order valence-electron chi connectivity index (χ2n) is 19.1. The minimum Gasteiger partial charge on any atom is -0.369 e. The van der Waals surface area contributed by atoms with E-state index in [1.165, 1.54) is 0 Å². The van der Waals surface area contributed by atoms with Gasteiger partial charge in [-0.1, -0.05) is 93.9 Å². The monoisotopic (exact) mass is 738 g/mol. The highest BCUT2D eigenvalue weighted by atomic mass is 16.2. The highest BCUT2D eigenvalue weighted by Crippen LogP contribution is 2.65. The molecule has 0 bridgehead atoms. The number of amides is 5. The number of hydrogen-bond donors (Lipinski definition) is 4. The number of ketones is 1. The Kier molecular flexibility index (Phi) is 11.3. The Morgan fingerprint density at radius 2 is 1.51 bits per heavy atom. The second kappa shape index (κ2) is 14.8. The number of carbonyl (C=O) groups is 5. The largest absolute Gasteiger partial charge is 0.369 e. The number of carbonyl (C=O) groups excluding carboxylic acids is 5. The topological polar surface area (TPSA) is 188 Å². The van der Waals surface area contributed by atoms with Crippen molar-refractivity contribution in [2.24, 2.45) is 40.2 Å². The van der Waals surface area contributed by atoms with E-state index < -0.39 is 69.5 Å². The van der Waals surface area contributed by atoms with Crippen molar-refractivity contribution < 1.29 is 24.0 Å². The van der Waals surface area contributed by atoms with Crippen LogP contribution in [0.1, 0.15) is 119 Å². The molecular weight excluding hydrogens is 676 g/mol. The van der Waals surface area contributed by atoms with Gasteiger partial charge in [0.2, 0.25) is 28.5 Å². The van der Waals surface area contributed by atoms with Gasteiger partial charge < -0.3 is 31.5 Å². The van der Waals surface area contributed by atoms with Crippen LogP contribution in [-0.4, -0.2) is 78.7 Å². The molecule has 0 spiro atoms. The van der Waals surface area contributed by atoms with Gasteiger partial charge in [0.25, 0.3) is 5.91 Å². The van der Waals surface area contributed by atoms with Gasteiger partial charge in [0.05, 0.1) is 17.8 Å². The normalized spacial score (nSPS) is 24.7. The summed E-state index contributed by atoms with van der Waals surface area (Å²) in [6, 6.07) is -3.78. The Hall–Kier alpha value is -3.77. The summed E-state index contributed by atoms with van der Waals surface area (Å²) in [4.78, 5) is 96.2. The number of hydrogen-bond acceptors (Lipinski definition) is 8. The first-order valence-electron chi connectivity index (χ1n) is 19.6. The number of Topliss-reactive ketones (excluding diaryl/α,β-unsaturated/α-hetero) is 1. The predicted octanol–water partition coefficient (Wildman–Crippen LogP) is 2.89. The van der Waals surface area contributed by atoms with E-state index in [0.29, 0.717) is 24.2 Å². The van der Waals surface area contributed by atoms with Crippen molar-refractivity contribution in [3.8, 4) is 0 Å². The summed E-state index contributed by atoms with van der Waals surface area (Å²) in [6.45, 7) is 16.4. The number of urea groups is 1. The molecule has 6 atom stereocenters. The van der Waals surface area contributed by atoms with Crippen LogP contribution < -0.4 is 37.4 Å². The average Bonchev–Trinajstić information content (AvgIpc) is 3.35. The fraction of sp³-hybridized carbons (Fsp3) is 0.775. The number of nitrogens with one attached hydrogen (secondary N) is 3. The lowest BCUT2D eigenvalue weighted by molar-refractivity contribution is -0.144. The Bertz CT molecular complexity index is 1670. The van der Waals surface area contributed by atoms with Crippen LogP contribution in [0.5, 0.6) is 0 Å². The zero-order chi connectivity index (χ0) is 39.4. The van der Waals surface area contributed by atoms with Gasteiger partial charge in [-0.05, 0) is 59.2 Å². The van der Waals surface area contributed by atoms with Gasteiger partial charge in [-0.2, -0.15) is 0 Å². The first-order valence-corrected chi connectivity index (χ1v) is 19.6. The minimum absolute atomic E-state index is 0.0779. The van der Waals surface area contributed by atoms with E-state index in [1.807, 2.05) is 41.5 Å². The third-order valence-electron chi connectivity index (χ3n) is 12.9. The van der Waals surface area contributed by atoms with Gasteiger partial charge in [0, 0.05) is 25.7 Å². The molecule has 1 heterocycles. The fourth-order valence-electron chi connectivity index (χ4n) is 9.24. The summed E-state index contributed by atoms with van der Waals surface area (Å²) in [6.07, 6.45) is 7.59. The van der Waals surface area contributed by atoms with Gasteiger partial charge in [-0.15, -0.1) is 0 Å². The molecule has 13 heteroatoms. The molecule has 5 N–H and O–H groups in total. The number of piperidine rings is 1. The molecule has 4 fully saturated rings. The third kappa shape index (κ3) is 8.18. The zero-order valence-electron chi connectivity index (χ0n) is 33.2. The summed E-state index contributed by atoms with van der Waals surface area (Å²) in [7, 11) is 1.75. The molecule has 53 heavy (non-hydrogen) atoms. The van der Waals surface area contributed by atoms with Gasteiger partial charge >= 0.3 is 6.03 Å². The highest BCUT2D eigenvalue weighted by Gasteiger charge is 2.69. The van der Waals surface area contributed by atoms with E-state index in [1.54, 1.807) is 16.8 Å². The molecule has 13 nitrogen and oxygen atoms in total. The van der Waals surface area contributed by atoms with E-state index >= 15 is 0 Å². The molecule has 1 aliphatic heterocycles. The molecule has 3 saturated carbocycles. The lowest BCUT2D eigenvalue weighted by Gasteiger charge is -2.39. The summed E-state index contributed by atoms with van der Waals surface area (Å²) in [5.74, 6) is -2.68. The molecule has 5 rings (SSSR count). The molecule has 0 radical (unpaired) electrons. The van der Waals surface area contributed by atoms with Crippen molar-refractivity contribution in [3.05, 3.63) is 26.0 Å². The molecule has 4 aliphatic rings. The van der Waals surface area contributed by atoms with E-state index in [2.05, 4.69) is 29.8 Å². The van der Waals surface area contributed by atoms with Crippen LogP contribution in [0.2, 0.25) is 0 Å². The first kappa shape index (κ1) is 40.4. The molecular formula is C40H62N6O7. The number of rotatable bonds is 13. The van der Waals surface area contributed by atoms with Gasteiger partial charge in [0.1, 0.15) is 12.1 Å². The molecule has 0 aromatic heterocycles. The number of likely N-dealkylation sites (N-methyl/N-ethyl adjacent to an activating group) is 1. The maximum Gasteiger partial charge on any atom is 0.315 e. The Labute approximate surface area is 313 Å². The minimum atomic E-state index is -1.09. The first-order chi connectivity index (χ1) is 24.5. The number of fused-ring (bicyclic) bond motifs is 1. The van der Waals surface area contributed by atoms with Crippen LogP contribution in [0.15, 0.2) is 9.59 Å². The van der Waals surface area contributed by atoms with Gasteiger partial charge in [-0.25, -0.2) is 4.79 Å². The molecule has 3 aliphatic carbocycles. The standard InChI is InChI=1S/C40H62N6O7/c1-38(2,3)25(20-45(9)29-27(39(4,5)6)32(48)33(29)49)43-37(53)44-28(22-16-11-10-12-17-22)36(52)46-19-23-26(40(23,7)8)30(46)35(51)42-24(31(47)34(41)50)18-21-14-13-15-21/h21-26,28,30H,10-20H2,1-9H3,(H2,41,50)(H,42,51)(H2,43,44,53)/t23-,24?,25+,26-,28-,30-/m0/s1. The maximum absolute atomic E-state index is 14.7. The molecule has 294 valence electrons. The van der Waals surface area contributed by atoms with Crippen LogP contribution in [-0.2, 0) is 24.6 Å². The van der Waals surface area contributed by atoms with E-state index in [0.717, 1.165) is 51.4 Å². The maximum atomic E-state index is 14.7. The predicted molar refractivity (Wildman–Crippen MR) is 203 cm³/mol. The number of primary amides is 1. The van der Waals surface area contributed by atoms with E-state index in [-0.39, 0.29) is 41.5 Å². The smallest absolute Gasteiger partial charge is 0.315 e. The van der Waals surface area contributed by atoms with Crippen molar-refractivity contribution in [2.45, 2.75) is 143 Å². The average molecular weight is 739 g/mol. The molecule has 1 saturated heterocycles. The lowest BCUT2D eigenvalue weighted by atomic mass is 9.80. The van der Waals surface area contributed by atoms with Crippen LogP contribution in [0.3, 0.4) is 0 Å². The van der Waals surface area contributed by atoms with Crippen molar-refractivity contribution in [3.63, 3.8) is 0 Å². The van der Waals surface area contributed by atoms with Crippen molar-refractivity contribution in [2.75, 3.05) is 25.0 Å².